The van der Waals surface area contributed by atoms with Crippen LogP contribution in [0.3, 0.4) is 0 Å². The summed E-state index contributed by atoms with van der Waals surface area (Å²) in [6.45, 7) is 1.47. The van der Waals surface area contributed by atoms with Crippen molar-refractivity contribution in [1.29, 1.82) is 0 Å². The third-order valence-corrected chi connectivity index (χ3v) is 5.43. The average molecular weight is 398 g/mol. The summed E-state index contributed by atoms with van der Waals surface area (Å²) in [4.78, 5) is 26.8. The summed E-state index contributed by atoms with van der Waals surface area (Å²) in [6.07, 6.45) is 1.47. The van der Waals surface area contributed by atoms with E-state index in [9.17, 15) is 9.59 Å². The molecule has 28 heavy (non-hydrogen) atoms. The van der Waals surface area contributed by atoms with E-state index < -0.39 is 0 Å². The molecule has 1 saturated heterocycles. The molecule has 1 aromatic carbocycles. The molecule has 2 aromatic heterocycles. The Bertz CT molecular complexity index is 1070. The Kier molecular flexibility index (Phi) is 5.00. The van der Waals surface area contributed by atoms with Gasteiger partial charge in [0.15, 0.2) is 11.0 Å². The molecule has 0 bridgehead atoms. The molecular weight excluding hydrogens is 378 g/mol. The zero-order valence-electron chi connectivity index (χ0n) is 15.4. The van der Waals surface area contributed by atoms with Crippen molar-refractivity contribution in [1.82, 2.24) is 14.8 Å². The highest BCUT2D eigenvalue weighted by Crippen LogP contribution is 2.26. The van der Waals surface area contributed by atoms with Crippen molar-refractivity contribution in [2.45, 2.75) is 12.8 Å². The number of aryl methyl sites for hydroxylation is 1. The first-order valence-electron chi connectivity index (χ1n) is 9.17. The van der Waals surface area contributed by atoms with Gasteiger partial charge in [-0.15, -0.1) is 10.2 Å². The highest BCUT2D eigenvalue weighted by Gasteiger charge is 2.26. The Labute approximate surface area is 166 Å². The van der Waals surface area contributed by atoms with E-state index in [0.717, 1.165) is 48.3 Å². The quantitative estimate of drug-likeness (QED) is 0.735. The molecule has 0 saturated carbocycles. The number of halogens is 1. The Morgan fingerprint density at radius 1 is 1.11 bits per heavy atom. The number of carbonyl (C=O) groups excluding carboxylic acids is 1. The minimum Gasteiger partial charge on any atom is -0.355 e. The molecule has 4 rings (SSSR count). The molecule has 1 amide bonds. The van der Waals surface area contributed by atoms with Crippen molar-refractivity contribution >= 4 is 39.9 Å². The van der Waals surface area contributed by atoms with E-state index in [1.54, 1.807) is 23.7 Å². The van der Waals surface area contributed by atoms with Gasteiger partial charge in [-0.25, -0.2) is 0 Å². The van der Waals surface area contributed by atoms with Gasteiger partial charge in [-0.2, -0.15) is 0 Å². The van der Waals surface area contributed by atoms with Gasteiger partial charge in [0.1, 0.15) is 0 Å². The van der Waals surface area contributed by atoms with Gasteiger partial charge in [0.05, 0.1) is 11.2 Å². The second kappa shape index (κ2) is 7.59. The summed E-state index contributed by atoms with van der Waals surface area (Å²) in [5.41, 5.74) is 1.44. The molecule has 0 spiro atoms. The monoisotopic (exact) mass is 397 g/mol. The van der Waals surface area contributed by atoms with E-state index in [4.69, 9.17) is 11.6 Å². The van der Waals surface area contributed by atoms with E-state index >= 15 is 0 Å². The lowest BCUT2D eigenvalue weighted by Gasteiger charge is -2.31. The predicted octanol–water partition coefficient (Wildman–Crippen LogP) is 2.84. The summed E-state index contributed by atoms with van der Waals surface area (Å²) in [5, 5.41) is 12.2. The van der Waals surface area contributed by atoms with Crippen LogP contribution in [0, 0.1) is 5.92 Å². The number of piperidine rings is 1. The van der Waals surface area contributed by atoms with Crippen LogP contribution in [0.2, 0.25) is 5.15 Å². The molecule has 8 heteroatoms. The average Bonchev–Trinajstić information content (AvgIpc) is 2.72. The van der Waals surface area contributed by atoms with Gasteiger partial charge >= 0.3 is 0 Å². The van der Waals surface area contributed by atoms with Crippen molar-refractivity contribution in [2.24, 2.45) is 13.0 Å². The maximum atomic E-state index is 12.8. The predicted molar refractivity (Wildman–Crippen MR) is 110 cm³/mol. The van der Waals surface area contributed by atoms with E-state index in [1.807, 2.05) is 24.3 Å². The van der Waals surface area contributed by atoms with E-state index in [1.165, 1.54) is 6.07 Å². The third kappa shape index (κ3) is 3.57. The lowest BCUT2D eigenvalue weighted by molar-refractivity contribution is -0.120. The minimum atomic E-state index is -0.0753. The largest absolute Gasteiger partial charge is 0.355 e. The smallest absolute Gasteiger partial charge is 0.250 e. The van der Waals surface area contributed by atoms with E-state index in [2.05, 4.69) is 20.4 Å². The van der Waals surface area contributed by atoms with Crippen LogP contribution in [0.15, 0.2) is 47.3 Å². The first-order valence-corrected chi connectivity index (χ1v) is 9.54. The normalized spacial score (nSPS) is 15.0. The minimum absolute atomic E-state index is 0.00296. The number of benzene rings is 1. The van der Waals surface area contributed by atoms with Gasteiger partial charge in [0.25, 0.3) is 5.56 Å². The fourth-order valence-electron chi connectivity index (χ4n) is 3.60. The third-order valence-electron chi connectivity index (χ3n) is 5.23. The van der Waals surface area contributed by atoms with Gasteiger partial charge in [0.2, 0.25) is 5.91 Å². The molecule has 3 heterocycles. The van der Waals surface area contributed by atoms with Crippen molar-refractivity contribution in [3.05, 3.63) is 58.0 Å². The SMILES string of the molecule is Cn1c(=O)ccc2c(NC(=O)C3CCN(c4ccc(Cl)nn4)CC3)cccc21. The van der Waals surface area contributed by atoms with Gasteiger partial charge < -0.3 is 14.8 Å². The molecule has 0 unspecified atom stereocenters. The van der Waals surface area contributed by atoms with Crippen molar-refractivity contribution in [2.75, 3.05) is 23.3 Å². The Balaban J connectivity index is 1.45. The lowest BCUT2D eigenvalue weighted by atomic mass is 9.95. The first kappa shape index (κ1) is 18.4. The van der Waals surface area contributed by atoms with E-state index in [0.29, 0.717) is 5.15 Å². The zero-order valence-corrected chi connectivity index (χ0v) is 16.2. The second-order valence-corrected chi connectivity index (χ2v) is 7.32. The van der Waals surface area contributed by atoms with Gasteiger partial charge in [-0.1, -0.05) is 17.7 Å². The maximum absolute atomic E-state index is 12.8. The fraction of sp³-hybridized carbons (Fsp3) is 0.300. The van der Waals surface area contributed by atoms with Crippen LogP contribution in [0.25, 0.3) is 10.9 Å². The highest BCUT2D eigenvalue weighted by atomic mass is 35.5. The molecule has 0 radical (unpaired) electrons. The molecule has 0 aliphatic carbocycles. The molecule has 144 valence electrons. The molecule has 0 atom stereocenters. The van der Waals surface area contributed by atoms with E-state index in [-0.39, 0.29) is 17.4 Å². The molecule has 1 aliphatic heterocycles. The van der Waals surface area contributed by atoms with Crippen LogP contribution in [-0.2, 0) is 11.8 Å². The maximum Gasteiger partial charge on any atom is 0.250 e. The number of aromatic nitrogens is 3. The summed E-state index contributed by atoms with van der Waals surface area (Å²) in [5.74, 6) is 0.709. The fourth-order valence-corrected chi connectivity index (χ4v) is 3.70. The number of hydrogen-bond acceptors (Lipinski definition) is 5. The van der Waals surface area contributed by atoms with Crippen LogP contribution in [-0.4, -0.2) is 33.8 Å². The van der Waals surface area contributed by atoms with Crippen LogP contribution in [0.4, 0.5) is 11.5 Å². The van der Waals surface area contributed by atoms with Crippen LogP contribution in [0.5, 0.6) is 0 Å². The van der Waals surface area contributed by atoms with Gasteiger partial charge in [-0.3, -0.25) is 9.59 Å². The summed E-state index contributed by atoms with van der Waals surface area (Å²) in [7, 11) is 1.73. The van der Waals surface area contributed by atoms with Crippen molar-refractivity contribution < 1.29 is 4.79 Å². The molecule has 3 aromatic rings. The summed E-state index contributed by atoms with van der Waals surface area (Å²) in [6, 6.07) is 12.4. The lowest BCUT2D eigenvalue weighted by Crippen LogP contribution is -2.38. The van der Waals surface area contributed by atoms with Gasteiger partial charge in [0, 0.05) is 37.5 Å². The highest BCUT2D eigenvalue weighted by molar-refractivity contribution is 6.29. The first-order chi connectivity index (χ1) is 13.5. The topological polar surface area (TPSA) is 80.1 Å². The number of carbonyl (C=O) groups is 1. The van der Waals surface area contributed by atoms with Crippen molar-refractivity contribution in [3.8, 4) is 0 Å². The van der Waals surface area contributed by atoms with Crippen molar-refractivity contribution in [3.63, 3.8) is 0 Å². The van der Waals surface area contributed by atoms with Gasteiger partial charge in [-0.05, 0) is 43.2 Å². The Hall–Kier alpha value is -2.93. The molecular formula is C20H20ClN5O2. The summed E-state index contributed by atoms with van der Waals surface area (Å²) >= 11 is 5.79. The van der Waals surface area contributed by atoms with Crippen LogP contribution < -0.4 is 15.8 Å². The second-order valence-electron chi connectivity index (χ2n) is 6.93. The number of pyridine rings is 1. The number of nitrogens with zero attached hydrogens (tertiary/aromatic N) is 4. The number of fused-ring (bicyclic) bond motifs is 1. The number of hydrogen-bond donors (Lipinski definition) is 1. The van der Waals surface area contributed by atoms with Crippen LogP contribution in [0.1, 0.15) is 12.8 Å². The zero-order chi connectivity index (χ0) is 19.7. The Morgan fingerprint density at radius 2 is 1.89 bits per heavy atom. The number of rotatable bonds is 3. The molecule has 1 fully saturated rings. The Morgan fingerprint density at radius 3 is 2.61 bits per heavy atom. The molecule has 7 nitrogen and oxygen atoms in total. The summed E-state index contributed by atoms with van der Waals surface area (Å²) < 4.78 is 1.58. The standard InChI is InChI=1S/C20H20ClN5O2/c1-25-16-4-2-3-15(14(16)5-8-19(25)27)22-20(28)13-9-11-26(12-10-13)18-7-6-17(21)23-24-18/h2-8,13H,9-12H2,1H3,(H,22,28). The number of nitrogens with one attached hydrogen (secondary N) is 1. The number of amides is 1. The molecule has 1 N–H and O–H groups in total. The molecule has 1 aliphatic rings. The van der Waals surface area contributed by atoms with Crippen LogP contribution >= 0.6 is 11.6 Å². The number of anilines is 2.